The molecule has 2 amide bonds. The van der Waals surface area contributed by atoms with Crippen molar-refractivity contribution in [3.05, 3.63) is 0 Å². The maximum atomic E-state index is 11.2. The van der Waals surface area contributed by atoms with Crippen molar-refractivity contribution >= 4 is 11.8 Å². The van der Waals surface area contributed by atoms with E-state index in [1.807, 2.05) is 0 Å². The summed E-state index contributed by atoms with van der Waals surface area (Å²) in [6.07, 6.45) is 0.430. The highest BCUT2D eigenvalue weighted by Crippen LogP contribution is 1.89. The van der Waals surface area contributed by atoms with E-state index in [9.17, 15) is 9.59 Å². The zero-order chi connectivity index (χ0) is 11.6. The molecule has 0 aromatic carbocycles. The van der Waals surface area contributed by atoms with E-state index in [0.29, 0.717) is 39.5 Å². The van der Waals surface area contributed by atoms with Gasteiger partial charge < -0.3 is 20.1 Å². The van der Waals surface area contributed by atoms with Crippen molar-refractivity contribution in [2.24, 2.45) is 0 Å². The standard InChI is InChI=1S/C10H18N2O4/c13-9-1-2-10(14)12-4-6-16-8-7-15-5-3-11-9/h1-8H2,(H,11,13)(H,12,14). The van der Waals surface area contributed by atoms with E-state index in [-0.39, 0.29) is 24.7 Å². The van der Waals surface area contributed by atoms with Crippen LogP contribution in [0, 0.1) is 0 Å². The minimum Gasteiger partial charge on any atom is -0.377 e. The molecule has 6 heteroatoms. The molecule has 1 saturated heterocycles. The molecule has 1 heterocycles. The summed E-state index contributed by atoms with van der Waals surface area (Å²) >= 11 is 0. The van der Waals surface area contributed by atoms with E-state index in [1.165, 1.54) is 0 Å². The highest BCUT2D eigenvalue weighted by atomic mass is 16.5. The van der Waals surface area contributed by atoms with Gasteiger partial charge in [-0.15, -0.1) is 0 Å². The Labute approximate surface area is 94.7 Å². The van der Waals surface area contributed by atoms with Gasteiger partial charge in [0.05, 0.1) is 26.4 Å². The van der Waals surface area contributed by atoms with Crippen LogP contribution in [-0.2, 0) is 19.1 Å². The summed E-state index contributed by atoms with van der Waals surface area (Å²) in [5.74, 6) is -0.237. The topological polar surface area (TPSA) is 76.7 Å². The maximum Gasteiger partial charge on any atom is 0.220 e. The number of carbonyl (C=O) groups is 2. The van der Waals surface area contributed by atoms with Gasteiger partial charge >= 0.3 is 0 Å². The van der Waals surface area contributed by atoms with Gasteiger partial charge in [-0.2, -0.15) is 0 Å². The van der Waals surface area contributed by atoms with Crippen molar-refractivity contribution in [3.8, 4) is 0 Å². The van der Waals surface area contributed by atoms with E-state index < -0.39 is 0 Å². The third-order valence-corrected chi connectivity index (χ3v) is 2.09. The number of carbonyl (C=O) groups excluding carboxylic acids is 2. The lowest BCUT2D eigenvalue weighted by molar-refractivity contribution is -0.126. The first-order chi connectivity index (χ1) is 7.79. The monoisotopic (exact) mass is 230 g/mol. The lowest BCUT2D eigenvalue weighted by Crippen LogP contribution is -2.32. The number of ether oxygens (including phenoxy) is 2. The SMILES string of the molecule is O=C1CCC(=O)NCCOCCOCCN1. The minimum atomic E-state index is -0.118. The van der Waals surface area contributed by atoms with Crippen molar-refractivity contribution < 1.29 is 19.1 Å². The van der Waals surface area contributed by atoms with E-state index in [2.05, 4.69) is 10.6 Å². The van der Waals surface area contributed by atoms with Gasteiger partial charge in [0.2, 0.25) is 11.8 Å². The van der Waals surface area contributed by atoms with Crippen molar-refractivity contribution in [1.82, 2.24) is 10.6 Å². The fourth-order valence-electron chi connectivity index (χ4n) is 1.25. The van der Waals surface area contributed by atoms with Crippen molar-refractivity contribution in [2.45, 2.75) is 12.8 Å². The molecule has 0 atom stereocenters. The lowest BCUT2D eigenvalue weighted by atomic mass is 10.3. The van der Waals surface area contributed by atoms with E-state index in [1.54, 1.807) is 0 Å². The minimum absolute atomic E-state index is 0.118. The Bertz CT molecular complexity index is 209. The molecule has 1 aliphatic rings. The van der Waals surface area contributed by atoms with Gasteiger partial charge in [0.15, 0.2) is 0 Å². The normalized spacial score (nSPS) is 21.8. The highest BCUT2D eigenvalue weighted by molar-refractivity contribution is 5.83. The molecule has 1 rings (SSSR count). The Morgan fingerprint density at radius 3 is 1.62 bits per heavy atom. The number of rotatable bonds is 0. The summed E-state index contributed by atoms with van der Waals surface area (Å²) in [6, 6.07) is 0. The summed E-state index contributed by atoms with van der Waals surface area (Å²) in [6.45, 7) is 2.90. The molecular weight excluding hydrogens is 212 g/mol. The second-order valence-electron chi connectivity index (χ2n) is 3.42. The van der Waals surface area contributed by atoms with Gasteiger partial charge in [-0.05, 0) is 0 Å². The molecule has 0 aromatic heterocycles. The molecule has 6 nitrogen and oxygen atoms in total. The first kappa shape index (κ1) is 12.9. The molecule has 0 unspecified atom stereocenters. The molecule has 92 valence electrons. The molecule has 0 saturated carbocycles. The lowest BCUT2D eigenvalue weighted by Gasteiger charge is -2.10. The first-order valence-electron chi connectivity index (χ1n) is 5.48. The predicted octanol–water partition coefficient (Wildman–Crippen LogP) is -0.954. The summed E-state index contributed by atoms with van der Waals surface area (Å²) in [5.41, 5.74) is 0. The number of hydrogen-bond acceptors (Lipinski definition) is 4. The fourth-order valence-corrected chi connectivity index (χ4v) is 1.25. The third-order valence-electron chi connectivity index (χ3n) is 2.09. The maximum absolute atomic E-state index is 11.2. The second kappa shape index (κ2) is 8.06. The van der Waals surface area contributed by atoms with Crippen LogP contribution in [0.2, 0.25) is 0 Å². The zero-order valence-corrected chi connectivity index (χ0v) is 9.29. The average molecular weight is 230 g/mol. The second-order valence-corrected chi connectivity index (χ2v) is 3.42. The fraction of sp³-hybridized carbons (Fsp3) is 0.800. The molecule has 16 heavy (non-hydrogen) atoms. The Balaban J connectivity index is 2.25. The van der Waals surface area contributed by atoms with Crippen LogP contribution in [0.15, 0.2) is 0 Å². The smallest absolute Gasteiger partial charge is 0.220 e. The van der Waals surface area contributed by atoms with Gasteiger partial charge in [-0.25, -0.2) is 0 Å². The Morgan fingerprint density at radius 2 is 1.19 bits per heavy atom. The molecular formula is C10H18N2O4. The summed E-state index contributed by atoms with van der Waals surface area (Å²) in [7, 11) is 0. The van der Waals surface area contributed by atoms with Crippen LogP contribution in [0.4, 0.5) is 0 Å². The third kappa shape index (κ3) is 6.36. The Morgan fingerprint density at radius 1 is 0.750 bits per heavy atom. The molecule has 1 aliphatic heterocycles. The molecule has 0 aromatic rings. The van der Waals surface area contributed by atoms with Crippen molar-refractivity contribution in [2.75, 3.05) is 39.5 Å². The van der Waals surface area contributed by atoms with Crippen LogP contribution in [0.5, 0.6) is 0 Å². The summed E-state index contributed by atoms with van der Waals surface area (Å²) < 4.78 is 10.4. The summed E-state index contributed by atoms with van der Waals surface area (Å²) in [5, 5.41) is 5.34. The molecule has 2 N–H and O–H groups in total. The molecule has 0 spiro atoms. The van der Waals surface area contributed by atoms with Crippen LogP contribution in [-0.4, -0.2) is 51.3 Å². The van der Waals surface area contributed by atoms with Gasteiger partial charge in [0.25, 0.3) is 0 Å². The Kier molecular flexibility index (Phi) is 6.52. The number of amides is 2. The van der Waals surface area contributed by atoms with Gasteiger partial charge in [-0.1, -0.05) is 0 Å². The predicted molar refractivity (Wildman–Crippen MR) is 56.9 cm³/mol. The zero-order valence-electron chi connectivity index (χ0n) is 9.29. The quantitative estimate of drug-likeness (QED) is 0.562. The van der Waals surface area contributed by atoms with E-state index in [0.717, 1.165) is 0 Å². The van der Waals surface area contributed by atoms with Crippen LogP contribution in [0.3, 0.4) is 0 Å². The van der Waals surface area contributed by atoms with Crippen molar-refractivity contribution in [1.29, 1.82) is 0 Å². The van der Waals surface area contributed by atoms with E-state index in [4.69, 9.17) is 9.47 Å². The van der Waals surface area contributed by atoms with Crippen LogP contribution < -0.4 is 10.6 Å². The number of nitrogens with one attached hydrogen (secondary N) is 2. The van der Waals surface area contributed by atoms with Crippen LogP contribution in [0.25, 0.3) is 0 Å². The number of hydrogen-bond donors (Lipinski definition) is 2. The molecule has 0 bridgehead atoms. The largest absolute Gasteiger partial charge is 0.377 e. The van der Waals surface area contributed by atoms with Gasteiger partial charge in [-0.3, -0.25) is 9.59 Å². The average Bonchev–Trinajstić information content (AvgIpc) is 2.28. The van der Waals surface area contributed by atoms with Gasteiger partial charge in [0.1, 0.15) is 0 Å². The highest BCUT2D eigenvalue weighted by Gasteiger charge is 2.06. The molecule has 0 radical (unpaired) electrons. The first-order valence-corrected chi connectivity index (χ1v) is 5.48. The van der Waals surface area contributed by atoms with Crippen LogP contribution in [0.1, 0.15) is 12.8 Å². The van der Waals surface area contributed by atoms with E-state index >= 15 is 0 Å². The van der Waals surface area contributed by atoms with Crippen LogP contribution >= 0.6 is 0 Å². The van der Waals surface area contributed by atoms with Crippen molar-refractivity contribution in [3.63, 3.8) is 0 Å². The van der Waals surface area contributed by atoms with Gasteiger partial charge in [0, 0.05) is 25.9 Å². The molecule has 1 fully saturated rings. The summed E-state index contributed by atoms with van der Waals surface area (Å²) in [4.78, 5) is 22.5. The Hall–Kier alpha value is -1.14. The molecule has 0 aliphatic carbocycles.